The average Bonchev–Trinajstić information content (AvgIpc) is 3.00. The molecule has 6 atom stereocenters. The van der Waals surface area contributed by atoms with E-state index in [1.54, 1.807) is 24.3 Å². The number of carbonyl (C=O) groups excluding carboxylic acids is 1. The monoisotopic (exact) mass is 456 g/mol. The first kappa shape index (κ1) is 25.9. The number of rotatable bonds is 13. The van der Waals surface area contributed by atoms with E-state index in [9.17, 15) is 20.1 Å². The SMILES string of the molecule is COC(=O)CCCCCC[C@@H]1[C@@H](CCC(O)C(C)Oc2cccc(Cl)c2)[C@H](O)C[C@@H]1O. The number of aliphatic hydroxyl groups is 3. The summed E-state index contributed by atoms with van der Waals surface area (Å²) in [7, 11) is 1.40. The number of methoxy groups -OCH3 is 1. The first-order valence-corrected chi connectivity index (χ1v) is 11.7. The van der Waals surface area contributed by atoms with Crippen LogP contribution in [-0.2, 0) is 9.53 Å². The summed E-state index contributed by atoms with van der Waals surface area (Å²) >= 11 is 5.98. The molecule has 0 spiro atoms. The Morgan fingerprint density at radius 3 is 2.48 bits per heavy atom. The van der Waals surface area contributed by atoms with Crippen molar-refractivity contribution in [2.24, 2.45) is 11.8 Å². The molecule has 1 saturated carbocycles. The molecule has 1 aliphatic carbocycles. The smallest absolute Gasteiger partial charge is 0.305 e. The van der Waals surface area contributed by atoms with Gasteiger partial charge in [-0.25, -0.2) is 0 Å². The molecule has 1 fully saturated rings. The van der Waals surface area contributed by atoms with Gasteiger partial charge in [0, 0.05) is 11.4 Å². The van der Waals surface area contributed by atoms with Crippen molar-refractivity contribution in [3.05, 3.63) is 29.3 Å². The van der Waals surface area contributed by atoms with Crippen LogP contribution in [0.15, 0.2) is 24.3 Å². The van der Waals surface area contributed by atoms with Crippen molar-refractivity contribution in [3.63, 3.8) is 0 Å². The fraction of sp³-hybridized carbons (Fsp3) is 0.708. The van der Waals surface area contributed by atoms with Crippen molar-refractivity contribution in [2.75, 3.05) is 7.11 Å². The van der Waals surface area contributed by atoms with Crippen molar-refractivity contribution >= 4 is 17.6 Å². The number of halogens is 1. The highest BCUT2D eigenvalue weighted by Gasteiger charge is 2.41. The Kier molecular flexibility index (Phi) is 11.1. The molecular weight excluding hydrogens is 420 g/mol. The molecule has 176 valence electrons. The molecule has 0 radical (unpaired) electrons. The molecule has 0 amide bonds. The predicted molar refractivity (Wildman–Crippen MR) is 120 cm³/mol. The molecule has 1 aromatic carbocycles. The van der Waals surface area contributed by atoms with Gasteiger partial charge in [0.2, 0.25) is 0 Å². The Labute approximate surface area is 190 Å². The molecular formula is C24H37ClO6. The molecule has 0 saturated heterocycles. The van der Waals surface area contributed by atoms with Crippen LogP contribution in [0, 0.1) is 11.8 Å². The van der Waals surface area contributed by atoms with Gasteiger partial charge in [-0.3, -0.25) is 4.79 Å². The highest BCUT2D eigenvalue weighted by atomic mass is 35.5. The van der Waals surface area contributed by atoms with Crippen LogP contribution in [0.3, 0.4) is 0 Å². The zero-order chi connectivity index (χ0) is 22.8. The summed E-state index contributed by atoms with van der Waals surface area (Å²) < 4.78 is 10.4. The summed E-state index contributed by atoms with van der Waals surface area (Å²) in [6, 6.07) is 7.07. The standard InChI is InChI=1S/C24H37ClO6/c1-16(31-18-9-7-8-17(25)14-18)21(26)13-12-20-19(22(27)15-23(20)28)10-5-3-4-6-11-24(29)30-2/h7-9,14,16,19-23,26-28H,3-6,10-13,15H2,1-2H3/t16?,19-,20-,21?,22+,23-/m1/s1. The minimum atomic E-state index is -0.678. The molecule has 6 nitrogen and oxygen atoms in total. The average molecular weight is 457 g/mol. The van der Waals surface area contributed by atoms with Crippen molar-refractivity contribution in [1.82, 2.24) is 0 Å². The van der Waals surface area contributed by atoms with E-state index in [0.717, 1.165) is 32.1 Å². The topological polar surface area (TPSA) is 96.2 Å². The third-order valence-electron chi connectivity index (χ3n) is 6.37. The molecule has 2 unspecified atom stereocenters. The van der Waals surface area contributed by atoms with E-state index in [1.807, 2.05) is 6.92 Å². The molecule has 1 aliphatic rings. The van der Waals surface area contributed by atoms with Crippen LogP contribution < -0.4 is 4.74 Å². The van der Waals surface area contributed by atoms with E-state index in [4.69, 9.17) is 16.3 Å². The number of esters is 1. The van der Waals surface area contributed by atoms with Crippen molar-refractivity contribution < 1.29 is 29.6 Å². The number of benzene rings is 1. The van der Waals surface area contributed by atoms with E-state index in [-0.39, 0.29) is 17.8 Å². The number of hydrogen-bond donors (Lipinski definition) is 3. The quantitative estimate of drug-likeness (QED) is 0.305. The van der Waals surface area contributed by atoms with Crippen molar-refractivity contribution in [3.8, 4) is 5.75 Å². The van der Waals surface area contributed by atoms with E-state index >= 15 is 0 Å². The zero-order valence-electron chi connectivity index (χ0n) is 18.6. The first-order chi connectivity index (χ1) is 14.8. The lowest BCUT2D eigenvalue weighted by atomic mass is 9.84. The van der Waals surface area contributed by atoms with Crippen molar-refractivity contribution in [1.29, 1.82) is 0 Å². The van der Waals surface area contributed by atoms with Gasteiger partial charge in [-0.2, -0.15) is 0 Å². The highest BCUT2D eigenvalue weighted by molar-refractivity contribution is 6.30. The summed E-state index contributed by atoms with van der Waals surface area (Å²) in [5, 5.41) is 32.0. The van der Waals surface area contributed by atoms with Gasteiger partial charge in [0.15, 0.2) is 0 Å². The fourth-order valence-corrected chi connectivity index (χ4v) is 4.70. The van der Waals surface area contributed by atoms with Gasteiger partial charge in [-0.15, -0.1) is 0 Å². The van der Waals surface area contributed by atoms with Crippen LogP contribution in [0.4, 0.5) is 0 Å². The molecule has 0 heterocycles. The number of hydrogen-bond acceptors (Lipinski definition) is 6. The predicted octanol–water partition coefficient (Wildman–Crippen LogP) is 4.12. The Balaban J connectivity index is 1.75. The lowest BCUT2D eigenvalue weighted by Gasteiger charge is -2.26. The zero-order valence-corrected chi connectivity index (χ0v) is 19.3. The lowest BCUT2D eigenvalue weighted by Crippen LogP contribution is -2.31. The van der Waals surface area contributed by atoms with Crippen LogP contribution in [0.25, 0.3) is 0 Å². The maximum absolute atomic E-state index is 11.1. The normalized spacial score (nSPS) is 25.2. The van der Waals surface area contributed by atoms with Gasteiger partial charge in [0.1, 0.15) is 11.9 Å². The Bertz CT molecular complexity index is 669. The summed E-state index contributed by atoms with van der Waals surface area (Å²) in [5.74, 6) is 0.437. The lowest BCUT2D eigenvalue weighted by molar-refractivity contribution is -0.140. The molecule has 1 aromatic rings. The van der Waals surface area contributed by atoms with Crippen LogP contribution in [0.5, 0.6) is 5.75 Å². The number of unbranched alkanes of at least 4 members (excludes halogenated alkanes) is 3. The molecule has 0 bridgehead atoms. The van der Waals surface area contributed by atoms with E-state index < -0.39 is 24.4 Å². The third-order valence-corrected chi connectivity index (χ3v) is 6.61. The van der Waals surface area contributed by atoms with E-state index in [0.29, 0.717) is 36.5 Å². The van der Waals surface area contributed by atoms with E-state index in [2.05, 4.69) is 4.74 Å². The molecule has 7 heteroatoms. The molecule has 0 aliphatic heterocycles. The van der Waals surface area contributed by atoms with Gasteiger partial charge in [-0.05, 0) is 69.1 Å². The number of ether oxygens (including phenoxy) is 2. The summed E-state index contributed by atoms with van der Waals surface area (Å²) in [6.07, 6.45) is 4.35. The first-order valence-electron chi connectivity index (χ1n) is 11.3. The second-order valence-electron chi connectivity index (χ2n) is 8.65. The third kappa shape index (κ3) is 8.60. The van der Waals surface area contributed by atoms with Crippen molar-refractivity contribution in [2.45, 2.75) is 89.1 Å². The van der Waals surface area contributed by atoms with Crippen LogP contribution in [0.2, 0.25) is 5.02 Å². The van der Waals surface area contributed by atoms with Crippen LogP contribution in [0.1, 0.15) is 64.7 Å². The van der Waals surface area contributed by atoms with E-state index in [1.165, 1.54) is 7.11 Å². The maximum atomic E-state index is 11.1. The number of carbonyl (C=O) groups is 1. The highest BCUT2D eigenvalue weighted by Crippen LogP contribution is 2.39. The van der Waals surface area contributed by atoms with Gasteiger partial charge in [0.05, 0.1) is 25.4 Å². The van der Waals surface area contributed by atoms with Gasteiger partial charge in [-0.1, -0.05) is 36.9 Å². The summed E-state index contributed by atoms with van der Waals surface area (Å²) in [6.45, 7) is 1.82. The van der Waals surface area contributed by atoms with Gasteiger partial charge >= 0.3 is 5.97 Å². The second-order valence-corrected chi connectivity index (χ2v) is 9.09. The molecule has 31 heavy (non-hydrogen) atoms. The molecule has 0 aromatic heterocycles. The Hall–Kier alpha value is -1.34. The van der Waals surface area contributed by atoms with Crippen LogP contribution >= 0.6 is 11.6 Å². The Morgan fingerprint density at radius 1 is 1.13 bits per heavy atom. The maximum Gasteiger partial charge on any atom is 0.305 e. The minimum absolute atomic E-state index is 0.0295. The molecule has 3 N–H and O–H groups in total. The van der Waals surface area contributed by atoms with Gasteiger partial charge < -0.3 is 24.8 Å². The fourth-order valence-electron chi connectivity index (χ4n) is 4.52. The summed E-state index contributed by atoms with van der Waals surface area (Å²) in [5.41, 5.74) is 0. The minimum Gasteiger partial charge on any atom is -0.488 e. The summed E-state index contributed by atoms with van der Waals surface area (Å²) in [4.78, 5) is 11.1. The van der Waals surface area contributed by atoms with Crippen LogP contribution in [-0.4, -0.2) is 52.8 Å². The largest absolute Gasteiger partial charge is 0.488 e. The number of aliphatic hydroxyl groups excluding tert-OH is 3. The second kappa shape index (κ2) is 13.3. The van der Waals surface area contributed by atoms with Gasteiger partial charge in [0.25, 0.3) is 0 Å². The molecule has 2 rings (SSSR count). The Morgan fingerprint density at radius 2 is 1.81 bits per heavy atom.